The maximum Gasteiger partial charge on any atom is 0.153 e. The van der Waals surface area contributed by atoms with E-state index in [9.17, 15) is 0 Å². The van der Waals surface area contributed by atoms with E-state index < -0.39 is 0 Å². The molecule has 1 aromatic carbocycles. The van der Waals surface area contributed by atoms with Gasteiger partial charge >= 0.3 is 0 Å². The summed E-state index contributed by atoms with van der Waals surface area (Å²) in [6.07, 6.45) is 0.730. The standard InChI is InChI=1S/C13H17N3O2/c1-17-8-7-10-12(13(14)16-15-10)9-5-3-4-6-11(9)18-2/h3-6H,7-8H2,1-2H3,(H3,14,15,16). The van der Waals surface area contributed by atoms with Crippen LogP contribution in [0.15, 0.2) is 24.3 Å². The molecule has 0 spiro atoms. The smallest absolute Gasteiger partial charge is 0.153 e. The fourth-order valence-corrected chi connectivity index (χ4v) is 1.93. The first kappa shape index (κ1) is 12.4. The Bertz CT molecular complexity index is 523. The van der Waals surface area contributed by atoms with Crippen LogP contribution in [0.1, 0.15) is 5.69 Å². The summed E-state index contributed by atoms with van der Waals surface area (Å²) in [5.41, 5.74) is 8.72. The molecule has 2 aromatic rings. The zero-order valence-corrected chi connectivity index (χ0v) is 10.6. The van der Waals surface area contributed by atoms with Crippen LogP contribution in [-0.4, -0.2) is 31.0 Å². The molecular formula is C13H17N3O2. The van der Waals surface area contributed by atoms with Crippen molar-refractivity contribution in [1.29, 1.82) is 0 Å². The van der Waals surface area contributed by atoms with E-state index in [0.29, 0.717) is 12.4 Å². The maximum atomic E-state index is 5.93. The van der Waals surface area contributed by atoms with E-state index in [1.165, 1.54) is 0 Å². The molecule has 5 heteroatoms. The summed E-state index contributed by atoms with van der Waals surface area (Å²) in [4.78, 5) is 0. The minimum Gasteiger partial charge on any atom is -0.496 e. The predicted octanol–water partition coefficient (Wildman–Crippen LogP) is 1.86. The van der Waals surface area contributed by atoms with Gasteiger partial charge in [-0.3, -0.25) is 5.10 Å². The van der Waals surface area contributed by atoms with Gasteiger partial charge in [-0.1, -0.05) is 18.2 Å². The molecule has 0 radical (unpaired) electrons. The molecule has 0 unspecified atom stereocenters. The fourth-order valence-electron chi connectivity index (χ4n) is 1.93. The molecule has 0 amide bonds. The number of rotatable bonds is 5. The molecule has 0 atom stereocenters. The van der Waals surface area contributed by atoms with Crippen LogP contribution < -0.4 is 10.5 Å². The zero-order valence-electron chi connectivity index (χ0n) is 10.6. The molecule has 0 aliphatic heterocycles. The Morgan fingerprint density at radius 2 is 2.06 bits per heavy atom. The molecule has 1 aromatic heterocycles. The Balaban J connectivity index is 2.45. The quantitative estimate of drug-likeness (QED) is 0.845. The third kappa shape index (κ3) is 2.31. The van der Waals surface area contributed by atoms with E-state index in [-0.39, 0.29) is 0 Å². The number of hydrogen-bond donors (Lipinski definition) is 2. The predicted molar refractivity (Wildman–Crippen MR) is 70.6 cm³/mol. The lowest BCUT2D eigenvalue weighted by atomic mass is 10.0. The van der Waals surface area contributed by atoms with Gasteiger partial charge in [0, 0.05) is 24.8 Å². The average molecular weight is 247 g/mol. The first-order valence-corrected chi connectivity index (χ1v) is 5.73. The number of benzene rings is 1. The molecule has 0 aliphatic carbocycles. The van der Waals surface area contributed by atoms with E-state index in [4.69, 9.17) is 15.2 Å². The minimum absolute atomic E-state index is 0.477. The Morgan fingerprint density at radius 1 is 1.28 bits per heavy atom. The second-order valence-electron chi connectivity index (χ2n) is 3.91. The normalized spacial score (nSPS) is 10.6. The van der Waals surface area contributed by atoms with E-state index in [1.807, 2.05) is 24.3 Å². The van der Waals surface area contributed by atoms with E-state index >= 15 is 0 Å². The van der Waals surface area contributed by atoms with Crippen molar-refractivity contribution in [2.75, 3.05) is 26.6 Å². The highest BCUT2D eigenvalue weighted by molar-refractivity contribution is 5.80. The molecular weight excluding hydrogens is 230 g/mol. The number of aromatic nitrogens is 2. The van der Waals surface area contributed by atoms with Crippen molar-refractivity contribution >= 4 is 5.82 Å². The van der Waals surface area contributed by atoms with Crippen LogP contribution in [-0.2, 0) is 11.2 Å². The van der Waals surface area contributed by atoms with Gasteiger partial charge in [0.05, 0.1) is 19.3 Å². The summed E-state index contributed by atoms with van der Waals surface area (Å²) in [5.74, 6) is 1.26. The lowest BCUT2D eigenvalue weighted by molar-refractivity contribution is 0.201. The van der Waals surface area contributed by atoms with Crippen molar-refractivity contribution in [2.45, 2.75) is 6.42 Å². The van der Waals surface area contributed by atoms with Gasteiger partial charge in [0.2, 0.25) is 0 Å². The van der Waals surface area contributed by atoms with Gasteiger partial charge in [-0.15, -0.1) is 0 Å². The SMILES string of the molecule is COCCc1[nH]nc(N)c1-c1ccccc1OC. The van der Waals surface area contributed by atoms with Crippen molar-refractivity contribution in [3.8, 4) is 16.9 Å². The number of nitrogens with zero attached hydrogens (tertiary/aromatic N) is 1. The van der Waals surface area contributed by atoms with Crippen LogP contribution in [0.2, 0.25) is 0 Å². The number of nitrogens with one attached hydrogen (secondary N) is 1. The molecule has 96 valence electrons. The molecule has 2 rings (SSSR count). The monoisotopic (exact) mass is 247 g/mol. The minimum atomic E-state index is 0.477. The second-order valence-corrected chi connectivity index (χ2v) is 3.91. The molecule has 3 N–H and O–H groups in total. The molecule has 1 heterocycles. The van der Waals surface area contributed by atoms with Gasteiger partial charge < -0.3 is 15.2 Å². The Kier molecular flexibility index (Phi) is 3.84. The van der Waals surface area contributed by atoms with Gasteiger partial charge in [0.1, 0.15) is 5.75 Å². The first-order chi connectivity index (χ1) is 8.77. The van der Waals surface area contributed by atoms with E-state index in [0.717, 1.165) is 29.0 Å². The highest BCUT2D eigenvalue weighted by Crippen LogP contribution is 2.35. The number of nitrogen functional groups attached to an aromatic ring is 1. The van der Waals surface area contributed by atoms with Gasteiger partial charge in [-0.2, -0.15) is 5.10 Å². The molecule has 0 aliphatic rings. The highest BCUT2D eigenvalue weighted by atomic mass is 16.5. The molecule has 0 fully saturated rings. The van der Waals surface area contributed by atoms with Crippen molar-refractivity contribution in [3.63, 3.8) is 0 Å². The largest absolute Gasteiger partial charge is 0.496 e. The Labute approximate surface area is 106 Å². The number of aromatic amines is 1. The van der Waals surface area contributed by atoms with Crippen molar-refractivity contribution < 1.29 is 9.47 Å². The Morgan fingerprint density at radius 3 is 2.78 bits per heavy atom. The molecule has 18 heavy (non-hydrogen) atoms. The highest BCUT2D eigenvalue weighted by Gasteiger charge is 2.16. The number of anilines is 1. The van der Waals surface area contributed by atoms with Crippen LogP contribution in [0, 0.1) is 0 Å². The summed E-state index contributed by atoms with van der Waals surface area (Å²) in [6.45, 7) is 0.615. The summed E-state index contributed by atoms with van der Waals surface area (Å²) in [7, 11) is 3.31. The third-order valence-corrected chi connectivity index (χ3v) is 2.80. The summed E-state index contributed by atoms with van der Waals surface area (Å²) in [6, 6.07) is 7.75. The van der Waals surface area contributed by atoms with Crippen LogP contribution in [0.25, 0.3) is 11.1 Å². The Hall–Kier alpha value is -2.01. The number of para-hydroxylation sites is 1. The van der Waals surface area contributed by atoms with Crippen LogP contribution in [0.4, 0.5) is 5.82 Å². The third-order valence-electron chi connectivity index (χ3n) is 2.80. The van der Waals surface area contributed by atoms with Gasteiger partial charge in [0.25, 0.3) is 0 Å². The summed E-state index contributed by atoms with van der Waals surface area (Å²) < 4.78 is 10.4. The van der Waals surface area contributed by atoms with Crippen LogP contribution >= 0.6 is 0 Å². The zero-order chi connectivity index (χ0) is 13.0. The van der Waals surface area contributed by atoms with E-state index in [2.05, 4.69) is 10.2 Å². The molecule has 0 saturated carbocycles. The van der Waals surface area contributed by atoms with Crippen LogP contribution in [0.3, 0.4) is 0 Å². The topological polar surface area (TPSA) is 73.2 Å². The number of nitrogens with two attached hydrogens (primary N) is 1. The number of H-pyrrole nitrogens is 1. The number of ether oxygens (including phenoxy) is 2. The molecule has 0 bridgehead atoms. The van der Waals surface area contributed by atoms with Crippen molar-refractivity contribution in [2.24, 2.45) is 0 Å². The number of hydrogen-bond acceptors (Lipinski definition) is 4. The lowest BCUT2D eigenvalue weighted by Gasteiger charge is -2.09. The van der Waals surface area contributed by atoms with Crippen molar-refractivity contribution in [3.05, 3.63) is 30.0 Å². The average Bonchev–Trinajstić information content (AvgIpc) is 2.77. The summed E-state index contributed by atoms with van der Waals surface area (Å²) in [5, 5.41) is 7.01. The lowest BCUT2D eigenvalue weighted by Crippen LogP contribution is -1.98. The van der Waals surface area contributed by atoms with Gasteiger partial charge in [-0.25, -0.2) is 0 Å². The second kappa shape index (κ2) is 5.55. The van der Waals surface area contributed by atoms with Crippen molar-refractivity contribution in [1.82, 2.24) is 10.2 Å². The fraction of sp³-hybridized carbons (Fsp3) is 0.308. The van der Waals surface area contributed by atoms with Gasteiger partial charge in [-0.05, 0) is 6.07 Å². The molecule has 5 nitrogen and oxygen atoms in total. The van der Waals surface area contributed by atoms with E-state index in [1.54, 1.807) is 14.2 Å². The maximum absolute atomic E-state index is 5.93. The summed E-state index contributed by atoms with van der Waals surface area (Å²) >= 11 is 0. The first-order valence-electron chi connectivity index (χ1n) is 5.73. The van der Waals surface area contributed by atoms with Crippen LogP contribution in [0.5, 0.6) is 5.75 Å². The van der Waals surface area contributed by atoms with Gasteiger partial charge in [0.15, 0.2) is 5.82 Å². The number of methoxy groups -OCH3 is 2. The molecule has 0 saturated heterocycles.